The number of hydrogen-bond donors (Lipinski definition) is 1. The molecule has 1 N–H and O–H groups in total. The monoisotopic (exact) mass is 221 g/mol. The Hall–Kier alpha value is -0.930. The van der Waals surface area contributed by atoms with Gasteiger partial charge in [0.2, 0.25) is 0 Å². The van der Waals surface area contributed by atoms with E-state index in [0.29, 0.717) is 19.3 Å². The Bertz CT molecular complexity index is 390. The highest BCUT2D eigenvalue weighted by atomic mass is 19.1. The standard InChI is InChI=1S/C13H16FNO/c14-11-3-1-2-9-5-7-16-8-10(13(9)11)12-4-6-15-12/h1-3,10,12,15H,4-8H2/t10?,12-/m0/s1. The van der Waals surface area contributed by atoms with E-state index < -0.39 is 0 Å². The second-order valence-corrected chi connectivity index (χ2v) is 4.59. The van der Waals surface area contributed by atoms with Crippen LogP contribution in [0, 0.1) is 5.82 Å². The molecule has 0 spiro atoms. The Morgan fingerprint density at radius 3 is 3.00 bits per heavy atom. The van der Waals surface area contributed by atoms with Crippen molar-refractivity contribution in [1.82, 2.24) is 5.32 Å². The molecule has 0 amide bonds. The molecule has 2 atom stereocenters. The van der Waals surface area contributed by atoms with Crippen molar-refractivity contribution in [2.75, 3.05) is 19.8 Å². The predicted molar refractivity (Wildman–Crippen MR) is 60.1 cm³/mol. The predicted octanol–water partition coefficient (Wildman–Crippen LogP) is 1.84. The first kappa shape index (κ1) is 10.2. The van der Waals surface area contributed by atoms with Crippen LogP contribution in [0.1, 0.15) is 23.5 Å². The molecular weight excluding hydrogens is 205 g/mol. The zero-order valence-electron chi connectivity index (χ0n) is 9.21. The summed E-state index contributed by atoms with van der Waals surface area (Å²) in [5, 5.41) is 3.36. The van der Waals surface area contributed by atoms with Crippen LogP contribution < -0.4 is 5.32 Å². The lowest BCUT2D eigenvalue weighted by Crippen LogP contribution is -2.48. The molecule has 1 aromatic carbocycles. The van der Waals surface area contributed by atoms with E-state index in [2.05, 4.69) is 5.32 Å². The van der Waals surface area contributed by atoms with Crippen LogP contribution in [0.25, 0.3) is 0 Å². The number of nitrogens with one attached hydrogen (secondary N) is 1. The van der Waals surface area contributed by atoms with Crippen LogP contribution in [0.2, 0.25) is 0 Å². The first-order valence-corrected chi connectivity index (χ1v) is 5.94. The van der Waals surface area contributed by atoms with Gasteiger partial charge in [-0.1, -0.05) is 12.1 Å². The second-order valence-electron chi connectivity index (χ2n) is 4.59. The topological polar surface area (TPSA) is 21.3 Å². The maximum Gasteiger partial charge on any atom is 0.127 e. The zero-order chi connectivity index (χ0) is 11.0. The van der Waals surface area contributed by atoms with Gasteiger partial charge in [-0.25, -0.2) is 4.39 Å². The SMILES string of the molecule is Fc1cccc2c1C([C@@H]1CCN1)COCC2. The lowest BCUT2D eigenvalue weighted by molar-refractivity contribution is 0.108. The average molecular weight is 221 g/mol. The van der Waals surface area contributed by atoms with Crippen molar-refractivity contribution in [3.05, 3.63) is 35.1 Å². The van der Waals surface area contributed by atoms with Gasteiger partial charge in [-0.3, -0.25) is 0 Å². The van der Waals surface area contributed by atoms with Gasteiger partial charge in [0, 0.05) is 12.0 Å². The van der Waals surface area contributed by atoms with E-state index in [1.54, 1.807) is 12.1 Å². The van der Waals surface area contributed by atoms with Crippen LogP contribution in [0.5, 0.6) is 0 Å². The van der Waals surface area contributed by atoms with E-state index in [4.69, 9.17) is 4.74 Å². The lowest BCUT2D eigenvalue weighted by Gasteiger charge is -2.35. The van der Waals surface area contributed by atoms with E-state index in [-0.39, 0.29) is 11.7 Å². The van der Waals surface area contributed by atoms with E-state index in [1.165, 1.54) is 0 Å². The highest BCUT2D eigenvalue weighted by Gasteiger charge is 2.32. The summed E-state index contributed by atoms with van der Waals surface area (Å²) in [5.74, 6) is 0.120. The second kappa shape index (κ2) is 4.15. The molecule has 2 nitrogen and oxygen atoms in total. The summed E-state index contributed by atoms with van der Waals surface area (Å²) in [4.78, 5) is 0. The van der Waals surface area contributed by atoms with E-state index in [1.807, 2.05) is 6.07 Å². The number of hydrogen-bond acceptors (Lipinski definition) is 2. The van der Waals surface area contributed by atoms with Crippen molar-refractivity contribution in [2.24, 2.45) is 0 Å². The number of fused-ring (bicyclic) bond motifs is 1. The molecule has 2 aliphatic heterocycles. The summed E-state index contributed by atoms with van der Waals surface area (Å²) in [6.07, 6.45) is 1.96. The molecule has 3 heteroatoms. The van der Waals surface area contributed by atoms with Crippen molar-refractivity contribution in [1.29, 1.82) is 0 Å². The smallest absolute Gasteiger partial charge is 0.127 e. The van der Waals surface area contributed by atoms with Crippen LogP contribution in [0.4, 0.5) is 4.39 Å². The molecule has 86 valence electrons. The van der Waals surface area contributed by atoms with Crippen LogP contribution in [-0.2, 0) is 11.2 Å². The summed E-state index contributed by atoms with van der Waals surface area (Å²) in [7, 11) is 0. The minimum Gasteiger partial charge on any atom is -0.380 e. The highest BCUT2D eigenvalue weighted by Crippen LogP contribution is 2.32. The maximum absolute atomic E-state index is 13.9. The van der Waals surface area contributed by atoms with Gasteiger partial charge in [-0.05, 0) is 36.6 Å². The lowest BCUT2D eigenvalue weighted by atomic mass is 9.83. The Kier molecular flexibility index (Phi) is 2.65. The molecule has 1 unspecified atom stereocenters. The molecule has 1 aromatic rings. The minimum atomic E-state index is -0.0679. The van der Waals surface area contributed by atoms with Crippen LogP contribution >= 0.6 is 0 Å². The van der Waals surface area contributed by atoms with Gasteiger partial charge in [0.15, 0.2) is 0 Å². The molecular formula is C13H16FNO. The molecule has 3 rings (SSSR count). The Morgan fingerprint density at radius 2 is 2.25 bits per heavy atom. The Morgan fingerprint density at radius 1 is 1.38 bits per heavy atom. The fourth-order valence-corrected chi connectivity index (χ4v) is 2.66. The van der Waals surface area contributed by atoms with Crippen molar-refractivity contribution in [3.63, 3.8) is 0 Å². The van der Waals surface area contributed by atoms with E-state index in [0.717, 1.165) is 30.5 Å². The quantitative estimate of drug-likeness (QED) is 0.781. The first-order chi connectivity index (χ1) is 7.86. The molecule has 0 aliphatic carbocycles. The summed E-state index contributed by atoms with van der Waals surface area (Å²) in [6, 6.07) is 5.79. The van der Waals surface area contributed by atoms with Crippen molar-refractivity contribution in [3.8, 4) is 0 Å². The summed E-state index contributed by atoms with van der Waals surface area (Å²) < 4.78 is 19.5. The Balaban J connectivity index is 2.01. The molecule has 0 bridgehead atoms. The van der Waals surface area contributed by atoms with Crippen molar-refractivity contribution >= 4 is 0 Å². The summed E-state index contributed by atoms with van der Waals surface area (Å²) in [5.41, 5.74) is 2.01. The molecule has 2 aliphatic rings. The van der Waals surface area contributed by atoms with Gasteiger partial charge >= 0.3 is 0 Å². The molecule has 16 heavy (non-hydrogen) atoms. The normalized spacial score (nSPS) is 29.1. The van der Waals surface area contributed by atoms with E-state index in [9.17, 15) is 4.39 Å². The highest BCUT2D eigenvalue weighted by molar-refractivity contribution is 5.34. The fraction of sp³-hybridized carbons (Fsp3) is 0.538. The van der Waals surface area contributed by atoms with E-state index >= 15 is 0 Å². The first-order valence-electron chi connectivity index (χ1n) is 5.94. The third kappa shape index (κ3) is 1.64. The van der Waals surface area contributed by atoms with Gasteiger partial charge < -0.3 is 10.1 Å². The van der Waals surface area contributed by atoms with Crippen LogP contribution in [0.3, 0.4) is 0 Å². The number of halogens is 1. The fourth-order valence-electron chi connectivity index (χ4n) is 2.66. The van der Waals surface area contributed by atoms with Gasteiger partial charge in [0.1, 0.15) is 5.82 Å². The number of benzene rings is 1. The third-order valence-corrected chi connectivity index (χ3v) is 3.67. The van der Waals surface area contributed by atoms with Gasteiger partial charge in [-0.2, -0.15) is 0 Å². The van der Waals surface area contributed by atoms with Crippen LogP contribution in [-0.4, -0.2) is 25.8 Å². The third-order valence-electron chi connectivity index (χ3n) is 3.67. The van der Waals surface area contributed by atoms with Crippen molar-refractivity contribution < 1.29 is 9.13 Å². The molecule has 0 saturated carbocycles. The largest absolute Gasteiger partial charge is 0.380 e. The van der Waals surface area contributed by atoms with Crippen molar-refractivity contribution in [2.45, 2.75) is 24.8 Å². The molecule has 0 aromatic heterocycles. The molecule has 1 saturated heterocycles. The van der Waals surface area contributed by atoms with Gasteiger partial charge in [0.25, 0.3) is 0 Å². The summed E-state index contributed by atoms with van der Waals surface area (Å²) >= 11 is 0. The van der Waals surface area contributed by atoms with Gasteiger partial charge in [-0.15, -0.1) is 0 Å². The van der Waals surface area contributed by atoms with Crippen LogP contribution in [0.15, 0.2) is 18.2 Å². The van der Waals surface area contributed by atoms with Gasteiger partial charge in [0.05, 0.1) is 13.2 Å². The molecule has 1 fully saturated rings. The maximum atomic E-state index is 13.9. The summed E-state index contributed by atoms with van der Waals surface area (Å²) in [6.45, 7) is 2.40. The molecule has 2 heterocycles. The minimum absolute atomic E-state index is 0.0679. The number of ether oxygens (including phenoxy) is 1. The average Bonchev–Trinajstić information content (AvgIpc) is 2.40. The zero-order valence-corrected chi connectivity index (χ0v) is 9.21. The number of rotatable bonds is 1. The molecule has 0 radical (unpaired) electrons. The Labute approximate surface area is 94.8 Å².